The lowest BCUT2D eigenvalue weighted by Crippen LogP contribution is -2.24. The van der Waals surface area contributed by atoms with Crippen molar-refractivity contribution in [2.45, 2.75) is 38.7 Å². The zero-order chi connectivity index (χ0) is 19.7. The van der Waals surface area contributed by atoms with Crippen molar-refractivity contribution in [2.75, 3.05) is 7.11 Å². The SMILES string of the molecule is COc1ccc2c3c(c(=O)oc2c1O[C@H](C)C(=O)c1ccccc1)CCCC3. The third-order valence-electron chi connectivity index (χ3n) is 5.25. The molecule has 0 unspecified atom stereocenters. The van der Waals surface area contributed by atoms with E-state index in [1.165, 1.54) is 7.11 Å². The monoisotopic (exact) mass is 378 g/mol. The summed E-state index contributed by atoms with van der Waals surface area (Å²) >= 11 is 0. The summed E-state index contributed by atoms with van der Waals surface area (Å²) in [5, 5.41) is 0.851. The zero-order valence-corrected chi connectivity index (χ0v) is 16.0. The van der Waals surface area contributed by atoms with E-state index in [4.69, 9.17) is 13.9 Å². The fourth-order valence-electron chi connectivity index (χ4n) is 3.81. The highest BCUT2D eigenvalue weighted by Crippen LogP contribution is 2.39. The highest BCUT2D eigenvalue weighted by molar-refractivity contribution is 5.99. The quantitative estimate of drug-likeness (QED) is 0.488. The normalized spacial score (nSPS) is 14.4. The molecule has 0 spiro atoms. The number of carbonyl (C=O) groups is 1. The van der Waals surface area contributed by atoms with E-state index >= 15 is 0 Å². The Morgan fingerprint density at radius 2 is 1.75 bits per heavy atom. The first-order valence-corrected chi connectivity index (χ1v) is 9.51. The Balaban J connectivity index is 1.80. The number of aryl methyl sites for hydroxylation is 1. The van der Waals surface area contributed by atoms with Crippen LogP contribution in [0.5, 0.6) is 11.5 Å². The molecule has 0 N–H and O–H groups in total. The van der Waals surface area contributed by atoms with E-state index < -0.39 is 6.10 Å². The number of ketones is 1. The lowest BCUT2D eigenvalue weighted by Gasteiger charge is -2.20. The Morgan fingerprint density at radius 3 is 2.46 bits per heavy atom. The van der Waals surface area contributed by atoms with E-state index in [1.807, 2.05) is 24.3 Å². The Hall–Kier alpha value is -3.08. The summed E-state index contributed by atoms with van der Waals surface area (Å²) in [6, 6.07) is 12.7. The van der Waals surface area contributed by atoms with Crippen LogP contribution < -0.4 is 15.1 Å². The van der Waals surface area contributed by atoms with Crippen LogP contribution in [0.3, 0.4) is 0 Å². The fraction of sp³-hybridized carbons (Fsp3) is 0.304. The lowest BCUT2D eigenvalue weighted by molar-refractivity contribution is 0.0814. The average molecular weight is 378 g/mol. The zero-order valence-electron chi connectivity index (χ0n) is 16.0. The van der Waals surface area contributed by atoms with Gasteiger partial charge in [0, 0.05) is 16.5 Å². The Morgan fingerprint density at radius 1 is 1.04 bits per heavy atom. The molecule has 5 heteroatoms. The summed E-state index contributed by atoms with van der Waals surface area (Å²) < 4.78 is 17.1. The molecule has 0 aliphatic heterocycles. The van der Waals surface area contributed by atoms with Gasteiger partial charge in [-0.1, -0.05) is 30.3 Å². The first-order chi connectivity index (χ1) is 13.6. The molecular formula is C23H22O5. The van der Waals surface area contributed by atoms with Gasteiger partial charge in [-0.15, -0.1) is 0 Å². The number of ether oxygens (including phenoxy) is 2. The number of hydrogen-bond donors (Lipinski definition) is 0. The highest BCUT2D eigenvalue weighted by atomic mass is 16.5. The average Bonchev–Trinajstić information content (AvgIpc) is 2.74. The Kier molecular flexibility index (Phi) is 4.90. The van der Waals surface area contributed by atoms with Gasteiger partial charge < -0.3 is 13.9 Å². The van der Waals surface area contributed by atoms with Gasteiger partial charge in [-0.2, -0.15) is 0 Å². The van der Waals surface area contributed by atoms with Crippen LogP contribution in [0.25, 0.3) is 11.0 Å². The van der Waals surface area contributed by atoms with E-state index in [9.17, 15) is 9.59 Å². The molecule has 0 fully saturated rings. The third-order valence-corrected chi connectivity index (χ3v) is 5.25. The summed E-state index contributed by atoms with van der Waals surface area (Å²) in [5.41, 5.74) is 2.35. The van der Waals surface area contributed by atoms with Gasteiger partial charge in [-0.3, -0.25) is 4.79 Å². The van der Waals surface area contributed by atoms with Crippen LogP contribution in [0.15, 0.2) is 51.7 Å². The van der Waals surface area contributed by atoms with Crippen LogP contribution in [0, 0.1) is 0 Å². The van der Waals surface area contributed by atoms with E-state index in [1.54, 1.807) is 25.1 Å². The molecule has 144 valence electrons. The Bertz CT molecular complexity index is 1080. The maximum Gasteiger partial charge on any atom is 0.339 e. The van der Waals surface area contributed by atoms with Crippen LogP contribution in [0.4, 0.5) is 0 Å². The van der Waals surface area contributed by atoms with Crippen molar-refractivity contribution in [3.05, 3.63) is 69.6 Å². The molecule has 1 aliphatic carbocycles. The number of methoxy groups -OCH3 is 1. The second kappa shape index (κ2) is 7.50. The molecule has 0 amide bonds. The molecule has 3 aromatic rings. The van der Waals surface area contributed by atoms with Crippen molar-refractivity contribution < 1.29 is 18.7 Å². The van der Waals surface area contributed by atoms with Gasteiger partial charge >= 0.3 is 5.63 Å². The second-order valence-electron chi connectivity index (χ2n) is 7.02. The lowest BCUT2D eigenvalue weighted by atomic mass is 9.90. The van der Waals surface area contributed by atoms with Crippen molar-refractivity contribution in [1.29, 1.82) is 0 Å². The van der Waals surface area contributed by atoms with Gasteiger partial charge in [0.15, 0.2) is 17.4 Å². The molecule has 0 saturated carbocycles. The van der Waals surface area contributed by atoms with E-state index in [2.05, 4.69) is 0 Å². The van der Waals surface area contributed by atoms with Crippen molar-refractivity contribution in [1.82, 2.24) is 0 Å². The summed E-state index contributed by atoms with van der Waals surface area (Å²) in [6.07, 6.45) is 2.84. The van der Waals surface area contributed by atoms with Crippen LogP contribution >= 0.6 is 0 Å². The molecular weight excluding hydrogens is 356 g/mol. The first-order valence-electron chi connectivity index (χ1n) is 9.51. The van der Waals surface area contributed by atoms with Crippen molar-refractivity contribution in [3.8, 4) is 11.5 Å². The third kappa shape index (κ3) is 3.17. The van der Waals surface area contributed by atoms with Crippen LogP contribution in [0.2, 0.25) is 0 Å². The number of benzene rings is 2. The molecule has 2 aromatic carbocycles. The molecule has 1 aliphatic rings. The molecule has 28 heavy (non-hydrogen) atoms. The molecule has 1 aromatic heterocycles. The minimum Gasteiger partial charge on any atom is -0.493 e. The standard InChI is InChI=1S/C23H22O5/c1-14(20(24)15-8-4-3-5-9-15)27-22-19(26-2)13-12-17-16-10-6-7-11-18(16)23(25)28-21(17)22/h3-5,8-9,12-14H,6-7,10-11H2,1-2H3/t14-/m1/s1. The fourth-order valence-corrected chi connectivity index (χ4v) is 3.81. The van der Waals surface area contributed by atoms with E-state index in [-0.39, 0.29) is 11.4 Å². The maximum absolute atomic E-state index is 12.7. The molecule has 1 heterocycles. The summed E-state index contributed by atoms with van der Waals surface area (Å²) in [5.74, 6) is 0.571. The number of hydrogen-bond acceptors (Lipinski definition) is 5. The van der Waals surface area contributed by atoms with Crippen molar-refractivity contribution in [2.24, 2.45) is 0 Å². The highest BCUT2D eigenvalue weighted by Gasteiger charge is 2.25. The summed E-state index contributed by atoms with van der Waals surface area (Å²) in [6.45, 7) is 1.68. The van der Waals surface area contributed by atoms with Gasteiger partial charge in [-0.25, -0.2) is 4.79 Å². The molecule has 0 radical (unpaired) electrons. The topological polar surface area (TPSA) is 65.7 Å². The minimum absolute atomic E-state index is 0.153. The second-order valence-corrected chi connectivity index (χ2v) is 7.02. The minimum atomic E-state index is -0.761. The number of Topliss-reactive ketones (excluding diaryl/α,β-unsaturated/α-hetero) is 1. The Labute approximate surface area is 162 Å². The van der Waals surface area contributed by atoms with Crippen molar-refractivity contribution >= 4 is 16.8 Å². The number of fused-ring (bicyclic) bond motifs is 3. The van der Waals surface area contributed by atoms with Gasteiger partial charge in [0.25, 0.3) is 0 Å². The van der Waals surface area contributed by atoms with Crippen molar-refractivity contribution in [3.63, 3.8) is 0 Å². The molecule has 0 bridgehead atoms. The summed E-state index contributed by atoms with van der Waals surface area (Å²) in [7, 11) is 1.52. The van der Waals surface area contributed by atoms with E-state index in [0.29, 0.717) is 22.6 Å². The number of rotatable bonds is 5. The molecule has 0 saturated heterocycles. The molecule has 5 nitrogen and oxygen atoms in total. The van der Waals surface area contributed by atoms with Gasteiger partial charge in [0.1, 0.15) is 0 Å². The maximum atomic E-state index is 12.7. The van der Waals surface area contributed by atoms with Gasteiger partial charge in [-0.05, 0) is 50.3 Å². The van der Waals surface area contributed by atoms with Crippen LogP contribution in [-0.4, -0.2) is 19.0 Å². The molecule has 1 atom stereocenters. The van der Waals surface area contributed by atoms with Gasteiger partial charge in [0.05, 0.1) is 7.11 Å². The van der Waals surface area contributed by atoms with Gasteiger partial charge in [0.2, 0.25) is 11.5 Å². The number of carbonyl (C=O) groups excluding carboxylic acids is 1. The predicted molar refractivity (Wildman–Crippen MR) is 107 cm³/mol. The van der Waals surface area contributed by atoms with Crippen LogP contribution in [-0.2, 0) is 12.8 Å². The molecule has 4 rings (SSSR count). The smallest absolute Gasteiger partial charge is 0.339 e. The largest absolute Gasteiger partial charge is 0.493 e. The summed E-state index contributed by atoms with van der Waals surface area (Å²) in [4.78, 5) is 25.3. The van der Waals surface area contributed by atoms with Crippen LogP contribution in [0.1, 0.15) is 41.3 Å². The van der Waals surface area contributed by atoms with E-state index in [0.717, 1.165) is 42.2 Å². The predicted octanol–water partition coefficient (Wildman–Crippen LogP) is 4.33. The first kappa shape index (κ1) is 18.3.